The monoisotopic (exact) mass is 483 g/mol. The molecule has 182 valence electrons. The third kappa shape index (κ3) is 6.29. The molecule has 2 fully saturated rings. The maximum atomic E-state index is 12.9. The van der Waals surface area contributed by atoms with Crippen LogP contribution >= 0.6 is 11.3 Å². The number of aryl methyl sites for hydroxylation is 1. The van der Waals surface area contributed by atoms with Crippen molar-refractivity contribution in [3.05, 3.63) is 28.7 Å². The Hall–Kier alpha value is -2.61. The molecule has 4 rings (SSSR count). The summed E-state index contributed by atoms with van der Waals surface area (Å²) in [4.78, 5) is 30.7. The molecule has 1 N–H and O–H groups in total. The van der Waals surface area contributed by atoms with Crippen molar-refractivity contribution in [3.63, 3.8) is 0 Å². The molecule has 0 aromatic carbocycles. The van der Waals surface area contributed by atoms with Crippen molar-refractivity contribution >= 4 is 28.2 Å². The van der Waals surface area contributed by atoms with Gasteiger partial charge in [0, 0.05) is 43.6 Å². The summed E-state index contributed by atoms with van der Waals surface area (Å²) in [5.41, 5.74) is 1.45. The van der Waals surface area contributed by atoms with Crippen molar-refractivity contribution < 1.29 is 9.53 Å². The quantitative estimate of drug-likeness (QED) is 0.566. The maximum absolute atomic E-state index is 12.9. The zero-order valence-electron chi connectivity index (χ0n) is 20.0. The first-order chi connectivity index (χ1) is 16.6. The van der Waals surface area contributed by atoms with Gasteiger partial charge in [-0.1, -0.05) is 6.92 Å². The Morgan fingerprint density at radius 3 is 2.85 bits per heavy atom. The molecule has 0 bridgehead atoms. The second kappa shape index (κ2) is 11.7. The van der Waals surface area contributed by atoms with Gasteiger partial charge >= 0.3 is 0 Å². The lowest BCUT2D eigenvalue weighted by Gasteiger charge is -2.31. The summed E-state index contributed by atoms with van der Waals surface area (Å²) in [6.07, 6.45) is 5.12. The van der Waals surface area contributed by atoms with Crippen LogP contribution in [0.1, 0.15) is 67.0 Å². The fourth-order valence-electron chi connectivity index (χ4n) is 4.62. The molecule has 10 heteroatoms. The summed E-state index contributed by atoms with van der Waals surface area (Å²) in [6.45, 7) is 8.41. The fourth-order valence-corrected chi connectivity index (χ4v) is 5.31. The Balaban J connectivity index is 1.37. The minimum absolute atomic E-state index is 0.0300. The number of aromatic nitrogens is 3. The van der Waals surface area contributed by atoms with E-state index < -0.39 is 0 Å². The Kier molecular flexibility index (Phi) is 8.43. The second-order valence-electron chi connectivity index (χ2n) is 8.98. The lowest BCUT2D eigenvalue weighted by atomic mass is 9.94. The predicted molar refractivity (Wildman–Crippen MR) is 131 cm³/mol. The molecule has 0 aliphatic carbocycles. The number of nitrogens with one attached hydrogen (secondary N) is 1. The van der Waals surface area contributed by atoms with Gasteiger partial charge < -0.3 is 15.0 Å². The molecular formula is C24H33N7O2S. The van der Waals surface area contributed by atoms with Crippen LogP contribution in [0.2, 0.25) is 0 Å². The third-order valence-electron chi connectivity index (χ3n) is 6.32. The number of rotatable bonds is 8. The largest absolute Gasteiger partial charge is 0.378 e. The van der Waals surface area contributed by atoms with E-state index in [1.807, 2.05) is 17.9 Å². The van der Waals surface area contributed by atoms with E-state index in [0.717, 1.165) is 57.5 Å². The van der Waals surface area contributed by atoms with Crippen LogP contribution in [-0.4, -0.2) is 76.1 Å². The Morgan fingerprint density at radius 2 is 2.09 bits per heavy atom. The SMILES string of the molecule is CCCOC1CCN(C(=O)c2csc(Nc3cc(C4CCCN(CC#N)C4)nc(C)n3)n2)CC1. The van der Waals surface area contributed by atoms with Gasteiger partial charge in [-0.3, -0.25) is 9.69 Å². The standard InChI is InChI=1S/C24H33N7O2S/c1-3-13-33-19-6-10-31(11-7-19)23(32)21-16-34-24(28-21)29-22-14-20(26-17(2)27-22)18-5-4-9-30(15-18)12-8-25/h14,16,18-19H,3-7,9-13,15H2,1-2H3,(H,26,27,28,29). The number of anilines is 2. The lowest BCUT2D eigenvalue weighted by Crippen LogP contribution is -2.41. The Bertz CT molecular complexity index is 1010. The third-order valence-corrected chi connectivity index (χ3v) is 7.08. The molecule has 9 nitrogen and oxygen atoms in total. The summed E-state index contributed by atoms with van der Waals surface area (Å²) in [5.74, 6) is 1.63. The topological polar surface area (TPSA) is 107 Å². The number of likely N-dealkylation sites (tertiary alicyclic amines) is 2. The minimum Gasteiger partial charge on any atom is -0.378 e. The van der Waals surface area contributed by atoms with E-state index in [0.29, 0.717) is 42.1 Å². The molecule has 0 saturated carbocycles. The molecule has 1 unspecified atom stereocenters. The highest BCUT2D eigenvalue weighted by molar-refractivity contribution is 7.14. The van der Waals surface area contributed by atoms with E-state index in [4.69, 9.17) is 10.00 Å². The average molecular weight is 484 g/mol. The van der Waals surface area contributed by atoms with Gasteiger partial charge in [0.05, 0.1) is 24.4 Å². The highest BCUT2D eigenvalue weighted by Crippen LogP contribution is 2.28. The van der Waals surface area contributed by atoms with Gasteiger partial charge in [-0.15, -0.1) is 11.3 Å². The number of thiazole rings is 1. The molecule has 2 aromatic rings. The number of carbonyl (C=O) groups excluding carboxylic acids is 1. The van der Waals surface area contributed by atoms with Crippen molar-refractivity contribution in [1.29, 1.82) is 5.26 Å². The lowest BCUT2D eigenvalue weighted by molar-refractivity contribution is 0.00887. The first-order valence-electron chi connectivity index (χ1n) is 12.1. The molecule has 4 heterocycles. The first kappa shape index (κ1) is 24.5. The zero-order valence-corrected chi connectivity index (χ0v) is 20.8. The maximum Gasteiger partial charge on any atom is 0.273 e. The van der Waals surface area contributed by atoms with Gasteiger partial charge in [-0.2, -0.15) is 5.26 Å². The number of hydrogen-bond acceptors (Lipinski definition) is 9. The smallest absolute Gasteiger partial charge is 0.273 e. The van der Waals surface area contributed by atoms with Crippen LogP contribution in [0, 0.1) is 18.3 Å². The van der Waals surface area contributed by atoms with Gasteiger partial charge in [0.25, 0.3) is 5.91 Å². The summed E-state index contributed by atoms with van der Waals surface area (Å²) in [7, 11) is 0. The van der Waals surface area contributed by atoms with Gasteiger partial charge in [0.2, 0.25) is 0 Å². The summed E-state index contributed by atoms with van der Waals surface area (Å²) >= 11 is 1.40. The van der Waals surface area contributed by atoms with Crippen molar-refractivity contribution in [3.8, 4) is 6.07 Å². The van der Waals surface area contributed by atoms with Crippen LogP contribution in [0.3, 0.4) is 0 Å². The summed E-state index contributed by atoms with van der Waals surface area (Å²) in [6, 6.07) is 4.22. The molecule has 0 spiro atoms. The highest BCUT2D eigenvalue weighted by Gasteiger charge is 2.26. The van der Waals surface area contributed by atoms with Crippen LogP contribution in [0.15, 0.2) is 11.4 Å². The molecule has 2 aromatic heterocycles. The number of amides is 1. The molecular weight excluding hydrogens is 450 g/mol. The second-order valence-corrected chi connectivity index (χ2v) is 9.84. The van der Waals surface area contributed by atoms with E-state index in [1.165, 1.54) is 11.3 Å². The molecule has 2 saturated heterocycles. The number of nitriles is 1. The molecule has 0 radical (unpaired) electrons. The van der Waals surface area contributed by atoms with Gasteiger partial charge in [0.15, 0.2) is 5.13 Å². The van der Waals surface area contributed by atoms with Crippen LogP contribution in [-0.2, 0) is 4.74 Å². The predicted octanol–water partition coefficient (Wildman–Crippen LogP) is 3.72. The molecule has 1 atom stereocenters. The first-order valence-corrected chi connectivity index (χ1v) is 13.0. The molecule has 34 heavy (non-hydrogen) atoms. The van der Waals surface area contributed by atoms with Crippen molar-refractivity contribution in [2.45, 2.75) is 58.0 Å². The number of carbonyl (C=O) groups is 1. The minimum atomic E-state index is -0.0300. The number of hydrogen-bond donors (Lipinski definition) is 1. The molecule has 2 aliphatic rings. The Labute approximate surface area is 205 Å². The van der Waals surface area contributed by atoms with Gasteiger partial charge in [-0.05, 0) is 45.6 Å². The van der Waals surface area contributed by atoms with E-state index in [2.05, 4.69) is 38.2 Å². The van der Waals surface area contributed by atoms with Crippen molar-refractivity contribution in [2.24, 2.45) is 0 Å². The molecule has 1 amide bonds. The average Bonchev–Trinajstić information content (AvgIpc) is 3.31. The number of ether oxygens (including phenoxy) is 1. The summed E-state index contributed by atoms with van der Waals surface area (Å²) in [5, 5.41) is 14.7. The fraction of sp³-hybridized carbons (Fsp3) is 0.625. The van der Waals surface area contributed by atoms with Crippen LogP contribution in [0.25, 0.3) is 0 Å². The normalized spacial score (nSPS) is 19.7. The summed E-state index contributed by atoms with van der Waals surface area (Å²) < 4.78 is 5.83. The highest BCUT2D eigenvalue weighted by atomic mass is 32.1. The van der Waals surface area contributed by atoms with E-state index in [9.17, 15) is 4.79 Å². The number of nitrogens with zero attached hydrogens (tertiary/aromatic N) is 6. The molecule has 2 aliphatic heterocycles. The van der Waals surface area contributed by atoms with Gasteiger partial charge in [0.1, 0.15) is 17.3 Å². The van der Waals surface area contributed by atoms with E-state index in [-0.39, 0.29) is 17.9 Å². The van der Waals surface area contributed by atoms with E-state index >= 15 is 0 Å². The van der Waals surface area contributed by atoms with Crippen molar-refractivity contribution in [1.82, 2.24) is 24.8 Å². The Morgan fingerprint density at radius 1 is 1.26 bits per heavy atom. The van der Waals surface area contributed by atoms with Crippen LogP contribution < -0.4 is 5.32 Å². The van der Waals surface area contributed by atoms with Crippen molar-refractivity contribution in [2.75, 3.05) is 44.6 Å². The van der Waals surface area contributed by atoms with E-state index in [1.54, 1.807) is 5.38 Å². The van der Waals surface area contributed by atoms with Crippen LogP contribution in [0.5, 0.6) is 0 Å². The zero-order chi connectivity index (χ0) is 23.9. The van der Waals surface area contributed by atoms with Crippen LogP contribution in [0.4, 0.5) is 10.9 Å². The van der Waals surface area contributed by atoms with Gasteiger partial charge in [-0.25, -0.2) is 15.0 Å². The number of piperidine rings is 2.